The highest BCUT2D eigenvalue weighted by atomic mass is 19.2. The molecule has 0 heterocycles. The lowest BCUT2D eigenvalue weighted by atomic mass is 10.0. The predicted octanol–water partition coefficient (Wildman–Crippen LogP) is 10.6. The van der Waals surface area contributed by atoms with Crippen LogP contribution < -0.4 is 14.0 Å². The Bertz CT molecular complexity index is 2310. The van der Waals surface area contributed by atoms with Crippen molar-refractivity contribution in [2.45, 2.75) is 0 Å². The van der Waals surface area contributed by atoms with Crippen molar-refractivity contribution in [2.75, 3.05) is 0 Å². The zero-order valence-corrected chi connectivity index (χ0v) is 24.9. The molecule has 0 N–H and O–H groups in total. The number of hydrogen-bond donors (Lipinski definition) is 0. The molecule has 0 aliphatic heterocycles. The number of fused-ring (bicyclic) bond motifs is 1. The van der Waals surface area contributed by atoms with Crippen molar-refractivity contribution in [2.24, 2.45) is 0 Å². The molecule has 266 valence electrons. The van der Waals surface area contributed by atoms with Crippen molar-refractivity contribution in [3.05, 3.63) is 148 Å². The molecule has 0 fully saturated rings. The van der Waals surface area contributed by atoms with Crippen LogP contribution in [-0.4, -0.2) is 7.32 Å². The van der Waals surface area contributed by atoms with E-state index in [1.165, 1.54) is 0 Å². The Hall–Kier alpha value is -5.94. The highest BCUT2D eigenvalue weighted by molar-refractivity contribution is 6.40. The van der Waals surface area contributed by atoms with Gasteiger partial charge in [0.25, 0.3) is 0 Å². The predicted molar refractivity (Wildman–Crippen MR) is 155 cm³/mol. The molecule has 0 aromatic heterocycles. The van der Waals surface area contributed by atoms with Gasteiger partial charge < -0.3 is 14.0 Å². The quantitative estimate of drug-likeness (QED) is 0.0883. The van der Waals surface area contributed by atoms with E-state index in [9.17, 15) is 48.3 Å². The summed E-state index contributed by atoms with van der Waals surface area (Å²) in [6, 6.07) is 5.39. The normalized spacial score (nSPS) is 11.3. The second kappa shape index (κ2) is 13.7. The monoisotopic (exact) mass is 744 g/mol. The molecular formula is C34H11BF14O3. The number of rotatable bonds is 8. The first kappa shape index (κ1) is 35.9. The van der Waals surface area contributed by atoms with Gasteiger partial charge in [-0.05, 0) is 54.6 Å². The van der Waals surface area contributed by atoms with Crippen molar-refractivity contribution < 1.29 is 75.4 Å². The number of halogens is 14. The Kier molecular flexibility index (Phi) is 9.42. The molecule has 52 heavy (non-hydrogen) atoms. The first-order chi connectivity index (χ1) is 24.6. The van der Waals surface area contributed by atoms with Crippen molar-refractivity contribution in [3.8, 4) is 39.5 Å². The number of hydrogen-bond acceptors (Lipinski definition) is 3. The van der Waals surface area contributed by atoms with E-state index in [1.54, 1.807) is 0 Å². The molecule has 18 heteroatoms. The van der Waals surface area contributed by atoms with Gasteiger partial charge >= 0.3 is 7.32 Å². The summed E-state index contributed by atoms with van der Waals surface area (Å²) in [5, 5.41) is -2.10. The van der Waals surface area contributed by atoms with Crippen molar-refractivity contribution in [1.82, 2.24) is 0 Å². The molecule has 6 aromatic rings. The van der Waals surface area contributed by atoms with Gasteiger partial charge in [-0.3, -0.25) is 0 Å². The van der Waals surface area contributed by atoms with E-state index >= 15 is 13.2 Å². The first-order valence-corrected chi connectivity index (χ1v) is 14.1. The first-order valence-electron chi connectivity index (χ1n) is 14.1. The van der Waals surface area contributed by atoms with E-state index in [4.69, 9.17) is 14.0 Å². The van der Waals surface area contributed by atoms with Gasteiger partial charge in [-0.1, -0.05) is 12.1 Å². The Morgan fingerprint density at radius 3 is 1.27 bits per heavy atom. The average Bonchev–Trinajstić information content (AvgIpc) is 3.11. The van der Waals surface area contributed by atoms with Crippen LogP contribution in [0.4, 0.5) is 61.5 Å². The minimum absolute atomic E-state index is 0.299. The summed E-state index contributed by atoms with van der Waals surface area (Å²) in [4.78, 5) is 0. The molecule has 0 unspecified atom stereocenters. The molecule has 0 bridgehead atoms. The third kappa shape index (κ3) is 6.07. The molecule has 0 amide bonds. The van der Waals surface area contributed by atoms with Crippen LogP contribution in [0.25, 0.3) is 33.0 Å². The van der Waals surface area contributed by atoms with Gasteiger partial charge in [0.1, 0.15) is 17.3 Å². The van der Waals surface area contributed by atoms with E-state index in [0.717, 1.165) is 12.1 Å². The Morgan fingerprint density at radius 1 is 0.346 bits per heavy atom. The van der Waals surface area contributed by atoms with Crippen molar-refractivity contribution >= 4 is 18.1 Å². The number of benzene rings is 6. The molecule has 0 saturated heterocycles. The zero-order valence-electron chi connectivity index (χ0n) is 24.9. The maximum atomic E-state index is 15.3. The second-order valence-electron chi connectivity index (χ2n) is 10.5. The fourth-order valence-electron chi connectivity index (χ4n) is 5.05. The van der Waals surface area contributed by atoms with Crippen LogP contribution in [-0.2, 0) is 0 Å². The fourth-order valence-corrected chi connectivity index (χ4v) is 5.05. The summed E-state index contributed by atoms with van der Waals surface area (Å²) in [5.41, 5.74) is -5.11. The summed E-state index contributed by atoms with van der Waals surface area (Å²) in [6.07, 6.45) is 0. The van der Waals surface area contributed by atoms with Crippen LogP contribution in [0.3, 0.4) is 0 Å². The van der Waals surface area contributed by atoms with Gasteiger partial charge in [0, 0.05) is 16.5 Å². The maximum Gasteiger partial charge on any atom is 0.864 e. The Balaban J connectivity index is 1.58. The molecule has 0 aliphatic carbocycles. The second-order valence-corrected chi connectivity index (χ2v) is 10.5. The van der Waals surface area contributed by atoms with Gasteiger partial charge in [-0.25, -0.2) is 57.1 Å². The summed E-state index contributed by atoms with van der Waals surface area (Å²) in [6.45, 7) is 0. The fraction of sp³-hybridized carbons (Fsp3) is 0. The zero-order chi connectivity index (χ0) is 37.8. The standard InChI is InChI=1S/C34H11BF14O3/c36-15-3-1-2-14-22(15)31(47)32(48)33(49)34(14)52-35(50-20-10-8-16(37)27(43)23(20)12-4-6-18(39)29(45)25(12)41)51-21-11-9-17(38)28(44)24(21)13-5-7-19(40)30(46)26(13)42/h1-11H. The molecular weight excluding hydrogens is 733 g/mol. The van der Waals surface area contributed by atoms with Gasteiger partial charge in [0.2, 0.25) is 5.82 Å². The molecule has 0 saturated carbocycles. The van der Waals surface area contributed by atoms with E-state index in [0.29, 0.717) is 54.6 Å². The SMILES string of the molecule is Fc1ccc(-c2c(OB(Oc3ccc(F)c(F)c3-c3ccc(F)c(F)c3F)Oc3c(F)c(F)c(F)c4c(F)cccc34)ccc(F)c2F)c(F)c1F. The Labute approximate surface area is 281 Å². The minimum Gasteiger partial charge on any atom is -0.489 e. The largest absolute Gasteiger partial charge is 0.864 e. The van der Waals surface area contributed by atoms with Gasteiger partial charge in [-0.15, -0.1) is 0 Å². The summed E-state index contributed by atoms with van der Waals surface area (Å²) >= 11 is 0. The van der Waals surface area contributed by atoms with Crippen molar-refractivity contribution in [3.63, 3.8) is 0 Å². The van der Waals surface area contributed by atoms with Crippen LogP contribution >= 0.6 is 0 Å². The Morgan fingerprint density at radius 2 is 0.788 bits per heavy atom. The van der Waals surface area contributed by atoms with Gasteiger partial charge in [0.05, 0.1) is 16.5 Å². The van der Waals surface area contributed by atoms with Gasteiger partial charge in [-0.2, -0.15) is 4.39 Å². The smallest absolute Gasteiger partial charge is 0.489 e. The third-order valence-electron chi connectivity index (χ3n) is 7.45. The van der Waals surface area contributed by atoms with E-state index in [1.807, 2.05) is 0 Å². The van der Waals surface area contributed by atoms with Crippen LogP contribution in [0.1, 0.15) is 0 Å². The van der Waals surface area contributed by atoms with Crippen LogP contribution in [0.15, 0.2) is 66.7 Å². The van der Waals surface area contributed by atoms with E-state index < -0.39 is 139 Å². The van der Waals surface area contributed by atoms with Crippen LogP contribution in [0, 0.1) is 81.4 Å². The third-order valence-corrected chi connectivity index (χ3v) is 7.45. The van der Waals surface area contributed by atoms with Crippen molar-refractivity contribution in [1.29, 1.82) is 0 Å². The molecule has 3 nitrogen and oxygen atoms in total. The lowest BCUT2D eigenvalue weighted by Gasteiger charge is -2.22. The highest BCUT2D eigenvalue weighted by Gasteiger charge is 2.38. The van der Waals surface area contributed by atoms with Gasteiger partial charge in [0.15, 0.2) is 75.6 Å². The lowest BCUT2D eigenvalue weighted by Crippen LogP contribution is -2.38. The maximum absolute atomic E-state index is 15.3. The lowest BCUT2D eigenvalue weighted by molar-refractivity contribution is 0.297. The summed E-state index contributed by atoms with van der Waals surface area (Å²) < 4.78 is 220. The molecule has 0 aliphatic rings. The molecule has 0 spiro atoms. The minimum atomic E-state index is -2.92. The topological polar surface area (TPSA) is 27.7 Å². The highest BCUT2D eigenvalue weighted by Crippen LogP contribution is 2.41. The molecule has 6 rings (SSSR count). The molecule has 0 radical (unpaired) electrons. The van der Waals surface area contributed by atoms with Crippen LogP contribution in [0.5, 0.6) is 17.2 Å². The summed E-state index contributed by atoms with van der Waals surface area (Å²) in [5.74, 6) is -31.4. The summed E-state index contributed by atoms with van der Waals surface area (Å²) in [7, 11) is -2.92. The average molecular weight is 744 g/mol. The van der Waals surface area contributed by atoms with E-state index in [2.05, 4.69) is 0 Å². The van der Waals surface area contributed by atoms with E-state index in [-0.39, 0.29) is 0 Å². The molecule has 6 aromatic carbocycles. The van der Waals surface area contributed by atoms with Crippen LogP contribution in [0.2, 0.25) is 0 Å². The molecule has 0 atom stereocenters.